The molecule has 0 spiro atoms. The van der Waals surface area contributed by atoms with E-state index >= 15 is 0 Å². The Morgan fingerprint density at radius 2 is 1.62 bits per heavy atom. The molecule has 1 heterocycles. The first-order valence-corrected chi connectivity index (χ1v) is 8.72. The smallest absolute Gasteiger partial charge is 0.305 e. The Morgan fingerprint density at radius 1 is 1.03 bits per heavy atom. The maximum absolute atomic E-state index is 13.2. The average Bonchev–Trinajstić information content (AvgIpc) is 2.60. The standard InChI is InChI=1S/C21H19NO7/c1-11-17(12-5-3-2-4-6-12)19(28)13-7-8-14(23)18(20(13)29-11)21(22,9-15(24)25)10-16(26)27/h2-8,23H,9-10,22H2,1H3,(H,24,25)(H,26,27). The van der Waals surface area contributed by atoms with Gasteiger partial charge in [0.05, 0.1) is 34.9 Å². The highest BCUT2D eigenvalue weighted by molar-refractivity contribution is 5.89. The third-order valence-corrected chi connectivity index (χ3v) is 4.71. The Balaban J connectivity index is 2.37. The monoisotopic (exact) mass is 397 g/mol. The molecule has 0 aliphatic carbocycles. The first kappa shape index (κ1) is 20.1. The van der Waals surface area contributed by atoms with E-state index in [0.717, 1.165) is 0 Å². The number of carbonyl (C=O) groups is 2. The molecule has 0 aliphatic heterocycles. The zero-order chi connectivity index (χ0) is 21.3. The van der Waals surface area contributed by atoms with Crippen LogP contribution in [0.4, 0.5) is 0 Å². The van der Waals surface area contributed by atoms with Crippen LogP contribution in [0.25, 0.3) is 22.1 Å². The first-order valence-electron chi connectivity index (χ1n) is 8.72. The van der Waals surface area contributed by atoms with Crippen molar-refractivity contribution in [3.63, 3.8) is 0 Å². The van der Waals surface area contributed by atoms with Gasteiger partial charge in [-0.05, 0) is 24.6 Å². The maximum Gasteiger partial charge on any atom is 0.305 e. The fourth-order valence-electron chi connectivity index (χ4n) is 3.56. The number of hydrogen-bond acceptors (Lipinski definition) is 6. The fourth-order valence-corrected chi connectivity index (χ4v) is 3.56. The molecule has 3 rings (SSSR count). The van der Waals surface area contributed by atoms with E-state index in [1.807, 2.05) is 0 Å². The molecule has 0 aliphatic rings. The van der Waals surface area contributed by atoms with Gasteiger partial charge < -0.3 is 25.5 Å². The number of phenols is 1. The lowest BCUT2D eigenvalue weighted by Crippen LogP contribution is -2.41. The lowest BCUT2D eigenvalue weighted by Gasteiger charge is -2.28. The minimum absolute atomic E-state index is 0.0628. The molecule has 0 saturated carbocycles. The molecule has 0 amide bonds. The second-order valence-corrected chi connectivity index (χ2v) is 6.86. The third kappa shape index (κ3) is 3.70. The molecule has 150 valence electrons. The normalized spacial score (nSPS) is 11.5. The van der Waals surface area contributed by atoms with Crippen LogP contribution in [0.15, 0.2) is 51.7 Å². The van der Waals surface area contributed by atoms with Crippen LogP contribution in [-0.2, 0) is 15.1 Å². The van der Waals surface area contributed by atoms with Crippen molar-refractivity contribution in [2.24, 2.45) is 5.73 Å². The zero-order valence-corrected chi connectivity index (χ0v) is 15.5. The molecule has 8 nitrogen and oxygen atoms in total. The lowest BCUT2D eigenvalue weighted by atomic mass is 9.82. The van der Waals surface area contributed by atoms with E-state index in [0.29, 0.717) is 11.1 Å². The lowest BCUT2D eigenvalue weighted by molar-refractivity contribution is -0.141. The quantitative estimate of drug-likeness (QED) is 0.495. The van der Waals surface area contributed by atoms with Crippen LogP contribution in [-0.4, -0.2) is 27.3 Å². The van der Waals surface area contributed by atoms with Gasteiger partial charge >= 0.3 is 11.9 Å². The van der Waals surface area contributed by atoms with E-state index in [1.165, 1.54) is 12.1 Å². The fraction of sp³-hybridized carbons (Fsp3) is 0.190. The average molecular weight is 397 g/mol. The Hall–Kier alpha value is -3.65. The molecule has 0 bridgehead atoms. The second kappa shape index (κ2) is 7.40. The summed E-state index contributed by atoms with van der Waals surface area (Å²) in [6, 6.07) is 11.4. The van der Waals surface area contributed by atoms with E-state index < -0.39 is 41.5 Å². The number of benzene rings is 2. The number of aliphatic carboxylic acids is 2. The van der Waals surface area contributed by atoms with Crippen LogP contribution in [0, 0.1) is 6.92 Å². The summed E-state index contributed by atoms with van der Waals surface area (Å²) in [6.07, 6.45) is -1.57. The van der Waals surface area contributed by atoms with E-state index in [-0.39, 0.29) is 22.3 Å². The molecule has 29 heavy (non-hydrogen) atoms. The van der Waals surface area contributed by atoms with Gasteiger partial charge in [-0.25, -0.2) is 0 Å². The van der Waals surface area contributed by atoms with Crippen LogP contribution in [0.2, 0.25) is 0 Å². The van der Waals surface area contributed by atoms with Crippen molar-refractivity contribution in [2.45, 2.75) is 25.3 Å². The molecule has 0 unspecified atom stereocenters. The minimum atomic E-state index is -1.99. The largest absolute Gasteiger partial charge is 0.507 e. The van der Waals surface area contributed by atoms with Gasteiger partial charge in [0.25, 0.3) is 0 Å². The van der Waals surface area contributed by atoms with Crippen molar-refractivity contribution >= 4 is 22.9 Å². The topological polar surface area (TPSA) is 151 Å². The summed E-state index contributed by atoms with van der Waals surface area (Å²) >= 11 is 0. The molecule has 0 atom stereocenters. The van der Waals surface area contributed by atoms with E-state index in [4.69, 9.17) is 10.2 Å². The number of phenolic OH excluding ortho intramolecular Hbond substituents is 1. The second-order valence-electron chi connectivity index (χ2n) is 6.86. The molecule has 2 aromatic carbocycles. The van der Waals surface area contributed by atoms with Crippen LogP contribution < -0.4 is 11.2 Å². The molecule has 1 aromatic heterocycles. The molecule has 8 heteroatoms. The predicted molar refractivity (Wildman–Crippen MR) is 105 cm³/mol. The molecular formula is C21H19NO7. The molecule has 0 radical (unpaired) electrons. The summed E-state index contributed by atoms with van der Waals surface area (Å²) in [5.74, 6) is -2.93. The van der Waals surface area contributed by atoms with E-state index in [1.54, 1.807) is 37.3 Å². The Kier molecular flexibility index (Phi) is 5.13. The third-order valence-electron chi connectivity index (χ3n) is 4.71. The number of carboxylic acid groups (broad SMARTS) is 2. The summed E-state index contributed by atoms with van der Waals surface area (Å²) in [5, 5.41) is 29.0. The number of aryl methyl sites for hydroxylation is 1. The zero-order valence-electron chi connectivity index (χ0n) is 15.5. The summed E-state index contributed by atoms with van der Waals surface area (Å²) in [5.41, 5.74) is 4.36. The van der Waals surface area contributed by atoms with Gasteiger partial charge in [0.1, 0.15) is 17.1 Å². The van der Waals surface area contributed by atoms with E-state index in [2.05, 4.69) is 0 Å². The summed E-state index contributed by atoms with van der Waals surface area (Å²) in [7, 11) is 0. The van der Waals surface area contributed by atoms with Crippen molar-refractivity contribution < 1.29 is 29.3 Å². The van der Waals surface area contributed by atoms with Crippen molar-refractivity contribution in [1.82, 2.24) is 0 Å². The van der Waals surface area contributed by atoms with Gasteiger partial charge in [-0.15, -0.1) is 0 Å². The number of carboxylic acids is 2. The first-order chi connectivity index (χ1) is 13.6. The molecular weight excluding hydrogens is 378 g/mol. The molecule has 3 aromatic rings. The highest BCUT2D eigenvalue weighted by Crippen LogP contribution is 2.39. The number of hydrogen-bond donors (Lipinski definition) is 4. The molecule has 0 saturated heterocycles. The number of rotatable bonds is 6. The SMILES string of the molecule is Cc1oc2c(C(N)(CC(=O)O)CC(=O)O)c(O)ccc2c(=O)c1-c1ccccc1. The van der Waals surface area contributed by atoms with Crippen molar-refractivity contribution in [3.8, 4) is 16.9 Å². The van der Waals surface area contributed by atoms with Gasteiger partial charge in [-0.1, -0.05) is 30.3 Å². The summed E-state index contributed by atoms with van der Waals surface area (Å²) < 4.78 is 5.82. The Labute approximate surface area is 164 Å². The number of aromatic hydroxyl groups is 1. The maximum atomic E-state index is 13.2. The van der Waals surface area contributed by atoms with Gasteiger partial charge in [0.15, 0.2) is 0 Å². The van der Waals surface area contributed by atoms with Gasteiger partial charge in [0.2, 0.25) is 5.43 Å². The highest BCUT2D eigenvalue weighted by Gasteiger charge is 2.38. The van der Waals surface area contributed by atoms with Gasteiger partial charge in [-0.3, -0.25) is 14.4 Å². The predicted octanol–water partition coefficient (Wildman–Crippen LogP) is 2.58. The Morgan fingerprint density at radius 3 is 2.17 bits per heavy atom. The van der Waals surface area contributed by atoms with Crippen LogP contribution in [0.1, 0.15) is 24.2 Å². The van der Waals surface area contributed by atoms with Gasteiger partial charge in [-0.2, -0.15) is 0 Å². The van der Waals surface area contributed by atoms with Crippen molar-refractivity contribution in [2.75, 3.05) is 0 Å². The highest BCUT2D eigenvalue weighted by atomic mass is 16.4. The van der Waals surface area contributed by atoms with Crippen LogP contribution in [0.3, 0.4) is 0 Å². The Bertz CT molecular complexity index is 1150. The summed E-state index contributed by atoms with van der Waals surface area (Å²) in [6.45, 7) is 1.56. The van der Waals surface area contributed by atoms with Crippen molar-refractivity contribution in [1.29, 1.82) is 0 Å². The number of nitrogens with two attached hydrogens (primary N) is 1. The summed E-state index contributed by atoms with van der Waals surface area (Å²) in [4.78, 5) is 35.9. The molecule has 0 fully saturated rings. The van der Waals surface area contributed by atoms with Crippen LogP contribution >= 0.6 is 0 Å². The van der Waals surface area contributed by atoms with E-state index in [9.17, 15) is 29.7 Å². The molecule has 5 N–H and O–H groups in total. The van der Waals surface area contributed by atoms with Crippen molar-refractivity contribution in [3.05, 3.63) is 64.0 Å². The van der Waals surface area contributed by atoms with Crippen LogP contribution in [0.5, 0.6) is 5.75 Å². The number of fused-ring (bicyclic) bond motifs is 1. The minimum Gasteiger partial charge on any atom is -0.507 e. The van der Waals surface area contributed by atoms with Gasteiger partial charge in [0, 0.05) is 0 Å².